The molecule has 0 aliphatic heterocycles. The molecule has 0 atom stereocenters. The van der Waals surface area contributed by atoms with Crippen LogP contribution in [0.15, 0.2) is 42.5 Å². The number of benzene rings is 3. The molecule has 0 amide bonds. The summed E-state index contributed by atoms with van der Waals surface area (Å²) in [7, 11) is 0. The van der Waals surface area contributed by atoms with Crippen LogP contribution in [0.4, 0.5) is 0 Å². The van der Waals surface area contributed by atoms with E-state index in [0.29, 0.717) is 12.8 Å². The van der Waals surface area contributed by atoms with Gasteiger partial charge in [-0.2, -0.15) is 0 Å². The molecule has 3 rings (SSSR count). The van der Waals surface area contributed by atoms with Gasteiger partial charge in [0.15, 0.2) is 0 Å². The van der Waals surface area contributed by atoms with Crippen molar-refractivity contribution in [2.24, 2.45) is 11.8 Å². The summed E-state index contributed by atoms with van der Waals surface area (Å²) in [5, 5.41) is 3.65. The zero-order valence-corrected chi connectivity index (χ0v) is 21.4. The van der Waals surface area contributed by atoms with Crippen molar-refractivity contribution in [3.8, 4) is 11.5 Å². The fraction of sp³-hybridized carbons (Fsp3) is 0.448. The second-order valence-corrected chi connectivity index (χ2v) is 9.59. The number of ether oxygens (including phenoxy) is 4. The van der Waals surface area contributed by atoms with Crippen molar-refractivity contribution >= 4 is 33.5 Å². The van der Waals surface area contributed by atoms with E-state index < -0.39 is 0 Å². The Kier molecular flexibility index (Phi) is 9.35. The summed E-state index contributed by atoms with van der Waals surface area (Å²) in [5.41, 5.74) is 1.09. The van der Waals surface area contributed by atoms with Crippen LogP contribution in [-0.4, -0.2) is 38.4 Å². The van der Waals surface area contributed by atoms with Crippen molar-refractivity contribution in [1.82, 2.24) is 0 Å². The average Bonchev–Trinajstić information content (AvgIpc) is 2.79. The van der Waals surface area contributed by atoms with Gasteiger partial charge < -0.3 is 18.9 Å². The smallest absolute Gasteiger partial charge is 0.306 e. The summed E-state index contributed by atoms with van der Waals surface area (Å²) in [4.78, 5) is 23.7. The quantitative estimate of drug-likeness (QED) is 0.174. The molecule has 0 fully saturated rings. The van der Waals surface area contributed by atoms with Crippen LogP contribution in [0.5, 0.6) is 11.5 Å². The number of fused-ring (bicyclic) bond motifs is 2. The molecule has 0 radical (unpaired) electrons. The Bertz CT molecular complexity index is 1160. The van der Waals surface area contributed by atoms with Crippen molar-refractivity contribution in [2.75, 3.05) is 26.4 Å². The molecule has 0 aliphatic rings. The van der Waals surface area contributed by atoms with Gasteiger partial charge in [0.2, 0.25) is 0 Å². The van der Waals surface area contributed by atoms with Crippen LogP contribution in [-0.2, 0) is 19.1 Å². The minimum Gasteiger partial charge on any atom is -0.489 e. The van der Waals surface area contributed by atoms with Crippen LogP contribution in [0.3, 0.4) is 0 Å². The maximum Gasteiger partial charge on any atom is 0.306 e. The fourth-order valence-corrected chi connectivity index (χ4v) is 3.91. The molecule has 0 saturated heterocycles. The highest BCUT2D eigenvalue weighted by Crippen LogP contribution is 2.43. The van der Waals surface area contributed by atoms with Crippen LogP contribution in [0.25, 0.3) is 21.5 Å². The minimum atomic E-state index is -0.216. The number of carbonyl (C=O) groups is 2. The Balaban J connectivity index is 1.83. The van der Waals surface area contributed by atoms with Gasteiger partial charge in [-0.1, -0.05) is 69.7 Å². The lowest BCUT2D eigenvalue weighted by Gasteiger charge is -2.18. The first-order valence-electron chi connectivity index (χ1n) is 12.3. The molecule has 0 aliphatic carbocycles. The average molecular weight is 481 g/mol. The molecular weight excluding hydrogens is 444 g/mol. The van der Waals surface area contributed by atoms with Gasteiger partial charge in [-0.15, -0.1) is 0 Å². The molecule has 0 bridgehead atoms. The van der Waals surface area contributed by atoms with E-state index in [9.17, 15) is 9.59 Å². The van der Waals surface area contributed by atoms with Gasteiger partial charge >= 0.3 is 11.9 Å². The molecular formula is C29H36O6. The first kappa shape index (κ1) is 26.3. The van der Waals surface area contributed by atoms with Gasteiger partial charge in [-0.3, -0.25) is 9.59 Å². The SMILES string of the molecule is Cc1ccc2c(OCCOC(=O)CC(C)C)c3ccccc3c(OCCOC(=O)CC(C)C)c2c1. The Morgan fingerprint density at radius 3 is 1.60 bits per heavy atom. The van der Waals surface area contributed by atoms with Crippen LogP contribution in [0.1, 0.15) is 46.1 Å². The number of aryl methyl sites for hydroxylation is 1. The first-order chi connectivity index (χ1) is 16.8. The van der Waals surface area contributed by atoms with Crippen LogP contribution in [0.2, 0.25) is 0 Å². The molecule has 0 spiro atoms. The van der Waals surface area contributed by atoms with E-state index in [1.807, 2.05) is 71.0 Å². The van der Waals surface area contributed by atoms with Crippen molar-refractivity contribution in [2.45, 2.75) is 47.5 Å². The second-order valence-electron chi connectivity index (χ2n) is 9.59. The van der Waals surface area contributed by atoms with E-state index in [-0.39, 0.29) is 50.2 Å². The molecule has 0 heterocycles. The van der Waals surface area contributed by atoms with E-state index >= 15 is 0 Å². The lowest BCUT2D eigenvalue weighted by molar-refractivity contribution is -0.146. The van der Waals surface area contributed by atoms with Gasteiger partial charge in [0, 0.05) is 34.4 Å². The van der Waals surface area contributed by atoms with Crippen molar-refractivity contribution in [1.29, 1.82) is 0 Å². The van der Waals surface area contributed by atoms with E-state index in [2.05, 4.69) is 6.07 Å². The number of rotatable bonds is 12. The maximum absolute atomic E-state index is 11.9. The van der Waals surface area contributed by atoms with Crippen molar-refractivity contribution in [3.63, 3.8) is 0 Å². The van der Waals surface area contributed by atoms with Gasteiger partial charge in [0.1, 0.15) is 37.9 Å². The third-order valence-electron chi connectivity index (χ3n) is 5.42. The molecule has 35 heavy (non-hydrogen) atoms. The highest BCUT2D eigenvalue weighted by atomic mass is 16.6. The van der Waals surface area contributed by atoms with Crippen molar-refractivity contribution in [3.05, 3.63) is 48.0 Å². The van der Waals surface area contributed by atoms with Gasteiger partial charge in [0.25, 0.3) is 0 Å². The van der Waals surface area contributed by atoms with Gasteiger partial charge in [-0.05, 0) is 24.8 Å². The Morgan fingerprint density at radius 1 is 0.657 bits per heavy atom. The summed E-state index contributed by atoms with van der Waals surface area (Å²) in [6.45, 7) is 10.8. The Morgan fingerprint density at radius 2 is 1.11 bits per heavy atom. The Hall–Kier alpha value is -3.28. The predicted molar refractivity (Wildman–Crippen MR) is 138 cm³/mol. The van der Waals surface area contributed by atoms with Crippen molar-refractivity contribution < 1.29 is 28.5 Å². The monoisotopic (exact) mass is 480 g/mol. The summed E-state index contributed by atoms with van der Waals surface area (Å²) in [6, 6.07) is 14.0. The van der Waals surface area contributed by atoms with Crippen LogP contribution >= 0.6 is 0 Å². The van der Waals surface area contributed by atoms with E-state index in [1.54, 1.807) is 0 Å². The molecule has 6 nitrogen and oxygen atoms in total. The topological polar surface area (TPSA) is 71.1 Å². The number of hydrogen-bond acceptors (Lipinski definition) is 6. The van der Waals surface area contributed by atoms with Crippen LogP contribution in [0, 0.1) is 18.8 Å². The zero-order valence-electron chi connectivity index (χ0n) is 21.4. The number of carbonyl (C=O) groups excluding carboxylic acids is 2. The summed E-state index contributed by atoms with van der Waals surface area (Å²) >= 11 is 0. The summed E-state index contributed by atoms with van der Waals surface area (Å²) in [6.07, 6.45) is 0.786. The van der Waals surface area contributed by atoms with E-state index in [0.717, 1.165) is 38.6 Å². The van der Waals surface area contributed by atoms with Gasteiger partial charge in [-0.25, -0.2) is 0 Å². The Labute approximate surface area is 207 Å². The molecule has 0 unspecified atom stereocenters. The molecule has 6 heteroatoms. The van der Waals surface area contributed by atoms with Crippen LogP contribution < -0.4 is 9.47 Å². The lowest BCUT2D eigenvalue weighted by atomic mass is 9.99. The maximum atomic E-state index is 11.9. The first-order valence-corrected chi connectivity index (χ1v) is 12.3. The molecule has 0 saturated carbocycles. The number of hydrogen-bond donors (Lipinski definition) is 0. The zero-order chi connectivity index (χ0) is 25.4. The molecule has 0 aromatic heterocycles. The third kappa shape index (κ3) is 7.35. The summed E-state index contributed by atoms with van der Waals surface area (Å²) in [5.74, 6) is 1.54. The highest BCUT2D eigenvalue weighted by molar-refractivity contribution is 6.11. The normalized spacial score (nSPS) is 11.3. The molecule has 188 valence electrons. The largest absolute Gasteiger partial charge is 0.489 e. The van der Waals surface area contributed by atoms with E-state index in [4.69, 9.17) is 18.9 Å². The standard InChI is InChI=1S/C29H36O6/c1-19(2)16-26(30)32-12-14-34-28-22-8-6-7-9-23(22)29(25-18-21(5)10-11-24(25)28)35-15-13-33-27(31)17-20(3)4/h6-11,18-20H,12-17H2,1-5H3. The van der Waals surface area contributed by atoms with E-state index in [1.165, 1.54) is 0 Å². The van der Waals surface area contributed by atoms with Gasteiger partial charge in [0.05, 0.1) is 0 Å². The molecule has 3 aromatic carbocycles. The predicted octanol–water partition coefficient (Wildman–Crippen LogP) is 6.24. The molecule has 3 aromatic rings. The number of esters is 2. The fourth-order valence-electron chi connectivity index (χ4n) is 3.91. The molecule has 0 N–H and O–H groups in total. The minimum absolute atomic E-state index is 0.188. The second kappa shape index (κ2) is 12.4. The lowest BCUT2D eigenvalue weighted by Crippen LogP contribution is -2.14. The highest BCUT2D eigenvalue weighted by Gasteiger charge is 2.17. The third-order valence-corrected chi connectivity index (χ3v) is 5.42. The summed E-state index contributed by atoms with van der Waals surface area (Å²) < 4.78 is 23.0.